The smallest absolute Gasteiger partial charge is 0.241 e. The average Bonchev–Trinajstić information content (AvgIpc) is 3.05. The van der Waals surface area contributed by atoms with Crippen molar-refractivity contribution in [3.63, 3.8) is 0 Å². The zero-order chi connectivity index (χ0) is 18.3. The van der Waals surface area contributed by atoms with Crippen molar-refractivity contribution in [1.29, 1.82) is 0 Å². The summed E-state index contributed by atoms with van der Waals surface area (Å²) >= 11 is 0. The van der Waals surface area contributed by atoms with Crippen LogP contribution in [0.1, 0.15) is 35.6 Å². The van der Waals surface area contributed by atoms with Crippen molar-refractivity contribution < 1.29 is 18.3 Å². The largest absolute Gasteiger partial charge is 0.493 e. The number of nitrogens with one attached hydrogen (secondary N) is 1. The zero-order valence-electron chi connectivity index (χ0n) is 14.7. The van der Waals surface area contributed by atoms with E-state index >= 15 is 0 Å². The van der Waals surface area contributed by atoms with Crippen LogP contribution < -0.4 is 9.46 Å². The molecule has 2 N–H and O–H groups in total. The van der Waals surface area contributed by atoms with E-state index in [1.807, 2.05) is 24.3 Å². The number of rotatable bonds is 5. The van der Waals surface area contributed by atoms with Gasteiger partial charge in [-0.05, 0) is 54.5 Å². The van der Waals surface area contributed by atoms with E-state index < -0.39 is 10.0 Å². The number of benzene rings is 2. The van der Waals surface area contributed by atoms with Gasteiger partial charge in [-0.15, -0.1) is 0 Å². The molecule has 5 nitrogen and oxygen atoms in total. The highest BCUT2D eigenvalue weighted by Gasteiger charge is 2.37. The van der Waals surface area contributed by atoms with Crippen molar-refractivity contribution in [2.24, 2.45) is 5.92 Å². The summed E-state index contributed by atoms with van der Waals surface area (Å²) < 4.78 is 34.5. The predicted molar refractivity (Wildman–Crippen MR) is 98.6 cm³/mol. The molecule has 0 saturated heterocycles. The van der Waals surface area contributed by atoms with E-state index in [0.29, 0.717) is 24.3 Å². The average molecular weight is 373 g/mol. The molecule has 2 aliphatic rings. The molecule has 0 spiro atoms. The molecular formula is C20H23NO4S. The Morgan fingerprint density at radius 1 is 1.19 bits per heavy atom. The number of aryl methyl sites for hydroxylation is 1. The summed E-state index contributed by atoms with van der Waals surface area (Å²) in [5.74, 6) is 0.965. The fourth-order valence-electron chi connectivity index (χ4n) is 3.83. The summed E-state index contributed by atoms with van der Waals surface area (Å²) in [6, 6.07) is 12.5. The monoisotopic (exact) mass is 373 g/mol. The van der Waals surface area contributed by atoms with Crippen LogP contribution >= 0.6 is 0 Å². The minimum Gasteiger partial charge on any atom is -0.493 e. The van der Waals surface area contributed by atoms with Crippen molar-refractivity contribution in [2.75, 3.05) is 6.61 Å². The number of fused-ring (bicyclic) bond motifs is 1. The molecule has 1 saturated carbocycles. The maximum atomic E-state index is 13.0. The van der Waals surface area contributed by atoms with Crippen LogP contribution in [0.25, 0.3) is 0 Å². The van der Waals surface area contributed by atoms with Crippen LogP contribution in [0.15, 0.2) is 47.4 Å². The minimum absolute atomic E-state index is 0.0872. The molecular weight excluding hydrogens is 350 g/mol. The van der Waals surface area contributed by atoms with Gasteiger partial charge >= 0.3 is 0 Å². The third-order valence-corrected chi connectivity index (χ3v) is 6.96. The third-order valence-electron chi connectivity index (χ3n) is 5.36. The van der Waals surface area contributed by atoms with Crippen molar-refractivity contribution in [2.45, 2.75) is 43.2 Å². The topological polar surface area (TPSA) is 75.6 Å². The van der Waals surface area contributed by atoms with Crippen molar-refractivity contribution in [1.82, 2.24) is 4.72 Å². The molecule has 1 atom stereocenters. The molecule has 6 heteroatoms. The maximum absolute atomic E-state index is 13.0. The highest BCUT2D eigenvalue weighted by Crippen LogP contribution is 2.40. The molecule has 0 amide bonds. The Hall–Kier alpha value is -1.89. The maximum Gasteiger partial charge on any atom is 0.241 e. The second kappa shape index (κ2) is 6.68. The van der Waals surface area contributed by atoms with Crippen molar-refractivity contribution in [3.05, 3.63) is 59.2 Å². The van der Waals surface area contributed by atoms with Crippen LogP contribution in [0.5, 0.6) is 5.75 Å². The third kappa shape index (κ3) is 3.24. The van der Waals surface area contributed by atoms with E-state index in [4.69, 9.17) is 4.74 Å². The van der Waals surface area contributed by atoms with E-state index in [-0.39, 0.29) is 18.1 Å². The first-order chi connectivity index (χ1) is 12.4. The Labute approximate surface area is 154 Å². The Balaban J connectivity index is 1.67. The highest BCUT2D eigenvalue weighted by atomic mass is 32.2. The van der Waals surface area contributed by atoms with Gasteiger partial charge in [0.15, 0.2) is 0 Å². The Bertz CT molecular complexity index is 919. The molecule has 138 valence electrons. The molecule has 0 bridgehead atoms. The summed E-state index contributed by atoms with van der Waals surface area (Å²) in [7, 11) is -3.65. The highest BCUT2D eigenvalue weighted by molar-refractivity contribution is 7.89. The van der Waals surface area contributed by atoms with Crippen LogP contribution in [0.2, 0.25) is 0 Å². The van der Waals surface area contributed by atoms with Crippen LogP contribution in [-0.4, -0.2) is 26.2 Å². The molecule has 1 aliphatic carbocycles. The lowest BCUT2D eigenvalue weighted by atomic mass is 9.75. The summed E-state index contributed by atoms with van der Waals surface area (Å²) in [6.45, 7) is 2.46. The quantitative estimate of drug-likeness (QED) is 0.845. The molecule has 26 heavy (non-hydrogen) atoms. The number of sulfonamides is 1. The van der Waals surface area contributed by atoms with Gasteiger partial charge in [0.2, 0.25) is 10.0 Å². The second-order valence-electron chi connectivity index (χ2n) is 7.22. The van der Waals surface area contributed by atoms with Gasteiger partial charge in [0.1, 0.15) is 5.75 Å². The van der Waals surface area contributed by atoms with Crippen LogP contribution in [-0.2, 0) is 16.4 Å². The lowest BCUT2D eigenvalue weighted by molar-refractivity contribution is 0.0280. The second-order valence-corrected chi connectivity index (χ2v) is 8.90. The molecule has 1 fully saturated rings. The first-order valence-electron chi connectivity index (χ1n) is 8.96. The zero-order valence-corrected chi connectivity index (χ0v) is 15.5. The molecule has 2 aromatic carbocycles. The fourth-order valence-corrected chi connectivity index (χ4v) is 5.37. The Morgan fingerprint density at radius 3 is 2.69 bits per heavy atom. The molecule has 1 aliphatic heterocycles. The summed E-state index contributed by atoms with van der Waals surface area (Å²) in [6.07, 6.45) is 1.71. The number of aliphatic hydroxyl groups excluding tert-OH is 1. The van der Waals surface area contributed by atoms with E-state index in [2.05, 4.69) is 4.72 Å². The molecule has 1 unspecified atom stereocenters. The van der Waals surface area contributed by atoms with Gasteiger partial charge < -0.3 is 9.84 Å². The van der Waals surface area contributed by atoms with E-state index in [0.717, 1.165) is 28.9 Å². The van der Waals surface area contributed by atoms with E-state index in [9.17, 15) is 13.5 Å². The molecule has 0 radical (unpaired) electrons. The standard InChI is InChI=1S/C20H23NO4S/c1-13-4-2-3-5-19(13)26(23,24)21-20(16-11-17(22)12-16)15-6-7-18-14(10-15)8-9-25-18/h2-7,10,16-17,20-22H,8-9,11-12H2,1H3. The molecule has 4 rings (SSSR count). The van der Waals surface area contributed by atoms with Gasteiger partial charge in [0.05, 0.1) is 17.6 Å². The van der Waals surface area contributed by atoms with Gasteiger partial charge in [0.25, 0.3) is 0 Å². The number of ether oxygens (including phenoxy) is 1. The number of hydrogen-bond donors (Lipinski definition) is 2. The SMILES string of the molecule is Cc1ccccc1S(=O)(=O)NC(c1ccc2c(c1)CCO2)C1CC(O)C1. The normalized spacial score (nSPS) is 23.0. The molecule has 0 aromatic heterocycles. The van der Waals surface area contributed by atoms with Crippen molar-refractivity contribution >= 4 is 10.0 Å². The van der Waals surface area contributed by atoms with Gasteiger partial charge in [-0.1, -0.05) is 30.3 Å². The van der Waals surface area contributed by atoms with Crippen molar-refractivity contribution in [3.8, 4) is 5.75 Å². The van der Waals surface area contributed by atoms with E-state index in [1.165, 1.54) is 0 Å². The Morgan fingerprint density at radius 2 is 1.96 bits per heavy atom. The van der Waals surface area contributed by atoms with Crippen LogP contribution in [0.4, 0.5) is 0 Å². The van der Waals surface area contributed by atoms with Gasteiger partial charge in [-0.25, -0.2) is 13.1 Å². The molecule has 1 heterocycles. The predicted octanol–water partition coefficient (Wildman–Crippen LogP) is 2.72. The van der Waals surface area contributed by atoms with Gasteiger partial charge in [-0.2, -0.15) is 0 Å². The summed E-state index contributed by atoms with van der Waals surface area (Å²) in [5.41, 5.74) is 2.76. The van der Waals surface area contributed by atoms with Crippen LogP contribution in [0, 0.1) is 12.8 Å². The first-order valence-corrected chi connectivity index (χ1v) is 10.4. The van der Waals surface area contributed by atoms with E-state index in [1.54, 1.807) is 25.1 Å². The number of aliphatic hydroxyl groups is 1. The Kier molecular flexibility index (Phi) is 4.50. The first kappa shape index (κ1) is 17.5. The van der Waals surface area contributed by atoms with Crippen LogP contribution in [0.3, 0.4) is 0 Å². The summed E-state index contributed by atoms with van der Waals surface area (Å²) in [5, 5.41) is 9.73. The minimum atomic E-state index is -3.65. The lowest BCUT2D eigenvalue weighted by Crippen LogP contribution is -2.41. The lowest BCUT2D eigenvalue weighted by Gasteiger charge is -2.38. The van der Waals surface area contributed by atoms with Gasteiger partial charge in [0, 0.05) is 12.5 Å². The molecule has 2 aromatic rings. The summed E-state index contributed by atoms with van der Waals surface area (Å²) in [4.78, 5) is 0.300. The fraction of sp³-hybridized carbons (Fsp3) is 0.400. The number of hydrogen-bond acceptors (Lipinski definition) is 4. The van der Waals surface area contributed by atoms with Gasteiger partial charge in [-0.3, -0.25) is 0 Å².